The van der Waals surface area contributed by atoms with E-state index in [1.54, 1.807) is 28.9 Å². The van der Waals surface area contributed by atoms with Crippen LogP contribution in [0, 0.1) is 5.82 Å². The number of halogens is 3. The third kappa shape index (κ3) is 14.6. The summed E-state index contributed by atoms with van der Waals surface area (Å²) < 4.78 is 45.9. The van der Waals surface area contributed by atoms with Gasteiger partial charge in [-0.25, -0.2) is 14.2 Å². The number of amides is 4. The zero-order chi connectivity index (χ0) is 63.7. The van der Waals surface area contributed by atoms with Crippen LogP contribution in [0.4, 0.5) is 20.7 Å². The van der Waals surface area contributed by atoms with E-state index in [1.807, 2.05) is 83.6 Å². The fraction of sp³-hybridized carbons (Fsp3) is 0.471. The minimum atomic E-state index is -1.02. The summed E-state index contributed by atoms with van der Waals surface area (Å²) >= 11 is 13.0. The standard InChI is InChI=1S/C68H84Cl2FN11O8/c1-8-90-60-41-49(66(2,3)4)15-21-54(60)63-75-67(5,47-11-16-50(69)17-12-47)68(6,48-13-18-51(70)19-14-48)82(63)65(85)79-29-27-78(28-30-79)31-33-87-35-37-89-39-38-88-36-34-86-32-23-61(83)73-24-26-80-44-56-46-40-59(62(72)74-43-46)81-25-9-10-58(81)55-42-52(71)20-22-53(55)64(84)77(7)45-57(56)76-80/h11-22,40-44,58H,8-10,23-39,45H2,1-7H3,(H2,72,74)(H,73,83)/t58-,67+,68-/m1/s1. The third-order valence-corrected chi connectivity index (χ3v) is 18.2. The molecule has 3 N–H and O–H groups in total. The summed E-state index contributed by atoms with van der Waals surface area (Å²) in [7, 11) is 1.72. The third-order valence-electron chi connectivity index (χ3n) is 17.7. The van der Waals surface area contributed by atoms with Crippen molar-refractivity contribution < 1.29 is 42.5 Å². The highest BCUT2D eigenvalue weighted by Gasteiger charge is 2.60. The Morgan fingerprint density at radius 3 is 2.09 bits per heavy atom. The summed E-state index contributed by atoms with van der Waals surface area (Å²) in [6.07, 6.45) is 5.39. The van der Waals surface area contributed by atoms with Crippen LogP contribution >= 0.6 is 23.2 Å². The Morgan fingerprint density at radius 1 is 0.778 bits per heavy atom. The Hall–Kier alpha value is -7.17. The summed E-state index contributed by atoms with van der Waals surface area (Å²) in [6.45, 7) is 20.9. The van der Waals surface area contributed by atoms with Crippen LogP contribution in [0.15, 0.2) is 108 Å². The van der Waals surface area contributed by atoms with E-state index in [0.717, 1.165) is 51.9 Å². The molecule has 4 aliphatic rings. The molecule has 2 fully saturated rings. The Bertz CT molecular complexity index is 3520. The van der Waals surface area contributed by atoms with Crippen LogP contribution in [0.5, 0.6) is 5.75 Å². The van der Waals surface area contributed by atoms with Crippen LogP contribution in [-0.4, -0.2) is 170 Å². The molecule has 2 aromatic heterocycles. The molecular formula is C68H84Cl2FN11O8. The van der Waals surface area contributed by atoms with Crippen LogP contribution in [-0.2, 0) is 53.3 Å². The predicted molar refractivity (Wildman–Crippen MR) is 348 cm³/mol. The molecule has 90 heavy (non-hydrogen) atoms. The van der Waals surface area contributed by atoms with Crippen LogP contribution in [0.1, 0.15) is 111 Å². The molecule has 3 atom stereocenters. The lowest BCUT2D eigenvalue weighted by Gasteiger charge is -2.47. The van der Waals surface area contributed by atoms with Gasteiger partial charge in [-0.05, 0) is 122 Å². The van der Waals surface area contributed by atoms with Gasteiger partial charge in [-0.1, -0.05) is 74.3 Å². The van der Waals surface area contributed by atoms with E-state index in [-0.39, 0.29) is 48.9 Å². The Morgan fingerprint density at radius 2 is 1.42 bits per heavy atom. The molecule has 0 radical (unpaired) electrons. The molecule has 2 saturated heterocycles. The summed E-state index contributed by atoms with van der Waals surface area (Å²) in [4.78, 5) is 62.2. The number of pyridine rings is 1. The zero-order valence-corrected chi connectivity index (χ0v) is 54.3. The summed E-state index contributed by atoms with van der Waals surface area (Å²) in [5, 5.41) is 8.99. The van der Waals surface area contributed by atoms with Crippen molar-refractivity contribution in [2.24, 2.45) is 4.99 Å². The van der Waals surface area contributed by atoms with E-state index in [0.29, 0.717) is 149 Å². The molecule has 0 aliphatic carbocycles. The van der Waals surface area contributed by atoms with Crippen molar-refractivity contribution >= 4 is 58.4 Å². The number of nitrogens with zero attached hydrogens (tertiary/aromatic N) is 9. The number of rotatable bonds is 23. The number of aliphatic imine (C=N–C) groups is 1. The highest BCUT2D eigenvalue weighted by molar-refractivity contribution is 6.30. The highest BCUT2D eigenvalue weighted by Crippen LogP contribution is 2.54. The minimum Gasteiger partial charge on any atom is -0.493 e. The number of aromatic nitrogens is 3. The van der Waals surface area contributed by atoms with Crippen molar-refractivity contribution in [3.05, 3.63) is 158 Å². The normalized spacial score (nSPS) is 19.5. The SMILES string of the molecule is CCOc1cc(C(C)(C)C)ccc1C1=N[C@@](C)(c2ccc(Cl)cc2)[C@@](C)(c2ccc(Cl)cc2)N1C(=O)N1CCN(CCOCCOCCOCCOCCC(=O)NCCn2cc3c(n2)CN(C)C(=O)c2ccc(F)cc2[C@H]2CCCN2c2cc-3cnc2N)CC1. The maximum atomic E-state index is 15.5. The topological polar surface area (TPSA) is 195 Å². The van der Waals surface area contributed by atoms with Gasteiger partial charge in [0, 0.05) is 98.4 Å². The first-order valence-corrected chi connectivity index (χ1v) is 32.0. The fourth-order valence-electron chi connectivity index (χ4n) is 12.5. The largest absolute Gasteiger partial charge is 0.493 e. The number of urea groups is 1. The highest BCUT2D eigenvalue weighted by atomic mass is 35.5. The van der Waals surface area contributed by atoms with Crippen molar-refractivity contribution in [3.63, 3.8) is 0 Å². The van der Waals surface area contributed by atoms with Gasteiger partial charge >= 0.3 is 6.03 Å². The van der Waals surface area contributed by atoms with Crippen LogP contribution < -0.4 is 20.7 Å². The average molecular weight is 1270 g/mol. The summed E-state index contributed by atoms with van der Waals surface area (Å²) in [5.41, 5.74) is 12.0. The Kier molecular flexibility index (Phi) is 21.2. The first-order valence-electron chi connectivity index (χ1n) is 31.2. The second kappa shape index (κ2) is 29.0. The molecule has 10 rings (SSSR count). The number of amidine groups is 1. The lowest BCUT2D eigenvalue weighted by atomic mass is 9.71. The van der Waals surface area contributed by atoms with Gasteiger partial charge in [0.1, 0.15) is 34.3 Å². The van der Waals surface area contributed by atoms with Crippen molar-refractivity contribution in [1.82, 2.24) is 39.7 Å². The number of nitrogen functional groups attached to an aromatic ring is 1. The van der Waals surface area contributed by atoms with Crippen LogP contribution in [0.3, 0.4) is 0 Å². The Labute approximate surface area is 537 Å². The van der Waals surface area contributed by atoms with Gasteiger partial charge in [0.05, 0.1) is 95.5 Å². The van der Waals surface area contributed by atoms with Gasteiger partial charge in [-0.3, -0.25) is 29.1 Å². The molecule has 4 amide bonds. The molecule has 6 aromatic rings. The molecule has 0 unspecified atom stereocenters. The number of hydrogen-bond donors (Lipinski definition) is 2. The monoisotopic (exact) mass is 1270 g/mol. The zero-order valence-electron chi connectivity index (χ0n) is 52.7. The van der Waals surface area contributed by atoms with Gasteiger partial charge in [-0.15, -0.1) is 0 Å². The summed E-state index contributed by atoms with van der Waals surface area (Å²) in [5.74, 6) is 0.769. The quantitative estimate of drug-likeness (QED) is 0.0576. The molecule has 4 aromatic carbocycles. The number of ether oxygens (including phenoxy) is 5. The molecule has 0 spiro atoms. The number of benzene rings is 4. The molecule has 0 saturated carbocycles. The van der Waals surface area contributed by atoms with E-state index in [1.165, 1.54) is 12.1 Å². The molecule has 4 aliphatic heterocycles. The molecule has 480 valence electrons. The fourth-order valence-corrected chi connectivity index (χ4v) is 12.7. The molecule has 6 heterocycles. The van der Waals surface area contributed by atoms with Crippen molar-refractivity contribution in [2.45, 2.75) is 96.4 Å². The minimum absolute atomic E-state index is 0.139. The molecule has 22 heteroatoms. The van der Waals surface area contributed by atoms with E-state index in [4.69, 9.17) is 62.7 Å². The van der Waals surface area contributed by atoms with E-state index < -0.39 is 16.9 Å². The van der Waals surface area contributed by atoms with Crippen molar-refractivity contribution in [1.29, 1.82) is 0 Å². The van der Waals surface area contributed by atoms with Crippen LogP contribution in [0.25, 0.3) is 11.1 Å². The lowest BCUT2D eigenvalue weighted by Crippen LogP contribution is -2.60. The number of nitrogens with one attached hydrogen (secondary N) is 1. The first-order chi connectivity index (χ1) is 43.3. The first kappa shape index (κ1) is 65.8. The molecule has 2 bridgehead atoms. The van der Waals surface area contributed by atoms with Gasteiger partial charge in [-0.2, -0.15) is 5.10 Å². The number of anilines is 2. The predicted octanol–water partition coefficient (Wildman–Crippen LogP) is 10.5. The number of carbonyl (C=O) groups excluding carboxylic acids is 3. The number of fused-ring (bicyclic) bond motifs is 8. The smallest absolute Gasteiger partial charge is 0.326 e. The Balaban J connectivity index is 0.627. The van der Waals surface area contributed by atoms with Gasteiger partial charge < -0.3 is 49.4 Å². The number of carbonyl (C=O) groups is 3. The maximum absolute atomic E-state index is 15.5. The van der Waals surface area contributed by atoms with E-state index in [9.17, 15) is 14.0 Å². The van der Waals surface area contributed by atoms with Gasteiger partial charge in [0.2, 0.25) is 5.91 Å². The lowest BCUT2D eigenvalue weighted by molar-refractivity contribution is -0.122. The van der Waals surface area contributed by atoms with E-state index >= 15 is 4.79 Å². The van der Waals surface area contributed by atoms with Gasteiger partial charge in [0.25, 0.3) is 5.91 Å². The number of hydrogen-bond acceptors (Lipinski definition) is 14. The van der Waals surface area contributed by atoms with Crippen molar-refractivity contribution in [3.8, 4) is 16.9 Å². The van der Waals surface area contributed by atoms with Crippen molar-refractivity contribution in [2.75, 3.05) is 123 Å². The second-order valence-corrected chi connectivity index (χ2v) is 25.5. The molecular weight excluding hydrogens is 1190 g/mol. The molecule has 19 nitrogen and oxygen atoms in total. The van der Waals surface area contributed by atoms with E-state index in [2.05, 4.69) is 66.9 Å². The number of nitrogens with two attached hydrogens (primary N) is 1. The maximum Gasteiger partial charge on any atom is 0.326 e. The van der Waals surface area contributed by atoms with Gasteiger partial charge in [0.15, 0.2) is 0 Å². The van der Waals surface area contributed by atoms with Crippen LogP contribution in [0.2, 0.25) is 10.0 Å². The summed E-state index contributed by atoms with van der Waals surface area (Å²) in [6, 6.07) is 27.6. The second-order valence-electron chi connectivity index (χ2n) is 24.6. The average Bonchev–Trinajstić information content (AvgIpc) is 1.52. The number of piperazine rings is 1.